The lowest BCUT2D eigenvalue weighted by molar-refractivity contribution is -0.122. The van der Waals surface area contributed by atoms with Gasteiger partial charge in [0.2, 0.25) is 5.91 Å². The molecule has 0 bridgehead atoms. The molecule has 0 heterocycles. The molecule has 0 spiro atoms. The Kier molecular flexibility index (Phi) is 4.45. The molecule has 3 rings (SSSR count). The first-order chi connectivity index (χ1) is 9.75. The standard InChI is InChI=1S/C17H22BrNO/c18-16-9-5-4-8-13(16)11-19-17(20)15-10-14(15)12-6-2-1-3-7-12/h1-3,6-7,13-16H,4-5,8-11H2,(H,19,20). The average molecular weight is 336 g/mol. The van der Waals surface area contributed by atoms with E-state index in [1.54, 1.807) is 0 Å². The molecule has 1 amide bonds. The Labute approximate surface area is 129 Å². The molecule has 1 N–H and O–H groups in total. The van der Waals surface area contributed by atoms with Gasteiger partial charge in [0, 0.05) is 17.3 Å². The fraction of sp³-hybridized carbons (Fsp3) is 0.588. The van der Waals surface area contributed by atoms with Crippen LogP contribution in [0.3, 0.4) is 0 Å². The maximum atomic E-state index is 12.2. The van der Waals surface area contributed by atoms with Gasteiger partial charge in [-0.15, -0.1) is 0 Å². The zero-order valence-electron chi connectivity index (χ0n) is 11.7. The maximum absolute atomic E-state index is 12.2. The van der Waals surface area contributed by atoms with Crippen molar-refractivity contribution < 1.29 is 4.79 Å². The molecule has 0 radical (unpaired) electrons. The third-order valence-corrected chi connectivity index (χ3v) is 5.92. The molecule has 2 saturated carbocycles. The van der Waals surface area contributed by atoms with Gasteiger partial charge in [0.15, 0.2) is 0 Å². The predicted molar refractivity (Wildman–Crippen MR) is 85.0 cm³/mol. The van der Waals surface area contributed by atoms with Crippen LogP contribution < -0.4 is 5.32 Å². The van der Waals surface area contributed by atoms with Crippen LogP contribution in [0.5, 0.6) is 0 Å². The van der Waals surface area contributed by atoms with Crippen LogP contribution in [0.2, 0.25) is 0 Å². The quantitative estimate of drug-likeness (QED) is 0.831. The van der Waals surface area contributed by atoms with Crippen molar-refractivity contribution >= 4 is 21.8 Å². The van der Waals surface area contributed by atoms with Crippen molar-refractivity contribution in [2.24, 2.45) is 11.8 Å². The van der Waals surface area contributed by atoms with Crippen LogP contribution in [-0.2, 0) is 4.79 Å². The fourth-order valence-corrected chi connectivity index (χ4v) is 4.08. The summed E-state index contributed by atoms with van der Waals surface area (Å²) in [5.41, 5.74) is 1.31. The molecule has 2 nitrogen and oxygen atoms in total. The summed E-state index contributed by atoms with van der Waals surface area (Å²) in [7, 11) is 0. The highest BCUT2D eigenvalue weighted by molar-refractivity contribution is 9.09. The van der Waals surface area contributed by atoms with E-state index in [9.17, 15) is 4.79 Å². The van der Waals surface area contributed by atoms with Crippen molar-refractivity contribution in [2.45, 2.75) is 42.8 Å². The average Bonchev–Trinajstić information content (AvgIpc) is 3.28. The predicted octanol–water partition coefficient (Wildman–Crippen LogP) is 3.86. The summed E-state index contributed by atoms with van der Waals surface area (Å²) in [5, 5.41) is 3.18. The maximum Gasteiger partial charge on any atom is 0.223 e. The van der Waals surface area contributed by atoms with E-state index >= 15 is 0 Å². The Morgan fingerprint density at radius 1 is 1.20 bits per heavy atom. The molecule has 0 aliphatic heterocycles. The minimum Gasteiger partial charge on any atom is -0.356 e. The van der Waals surface area contributed by atoms with E-state index in [4.69, 9.17) is 0 Å². The zero-order chi connectivity index (χ0) is 13.9. The summed E-state index contributed by atoms with van der Waals surface area (Å²) in [6.07, 6.45) is 6.12. The minimum absolute atomic E-state index is 0.203. The molecule has 2 aliphatic rings. The van der Waals surface area contributed by atoms with Gasteiger partial charge in [-0.1, -0.05) is 59.1 Å². The molecule has 108 valence electrons. The number of hydrogen-bond acceptors (Lipinski definition) is 1. The van der Waals surface area contributed by atoms with E-state index in [1.165, 1.54) is 31.2 Å². The number of alkyl halides is 1. The number of amides is 1. The molecule has 2 fully saturated rings. The molecule has 20 heavy (non-hydrogen) atoms. The number of benzene rings is 1. The number of rotatable bonds is 4. The molecule has 3 heteroatoms. The van der Waals surface area contributed by atoms with Crippen molar-refractivity contribution in [2.75, 3.05) is 6.54 Å². The third-order valence-electron chi connectivity index (χ3n) is 4.71. The first-order valence-electron chi connectivity index (χ1n) is 7.72. The van der Waals surface area contributed by atoms with Crippen molar-refractivity contribution in [3.05, 3.63) is 35.9 Å². The molecule has 0 saturated heterocycles. The van der Waals surface area contributed by atoms with Gasteiger partial charge in [0.05, 0.1) is 0 Å². The van der Waals surface area contributed by atoms with Gasteiger partial charge in [-0.2, -0.15) is 0 Å². The second kappa shape index (κ2) is 6.30. The van der Waals surface area contributed by atoms with E-state index in [2.05, 4.69) is 45.5 Å². The number of hydrogen-bond donors (Lipinski definition) is 1. The monoisotopic (exact) mass is 335 g/mol. The largest absolute Gasteiger partial charge is 0.356 e. The number of halogens is 1. The van der Waals surface area contributed by atoms with Crippen LogP contribution >= 0.6 is 15.9 Å². The first kappa shape index (κ1) is 14.1. The van der Waals surface area contributed by atoms with Crippen LogP contribution in [0.1, 0.15) is 43.6 Å². The normalized spacial score (nSPS) is 32.6. The minimum atomic E-state index is 0.203. The topological polar surface area (TPSA) is 29.1 Å². The number of carbonyl (C=O) groups excluding carboxylic acids is 1. The van der Waals surface area contributed by atoms with Crippen molar-refractivity contribution in [3.63, 3.8) is 0 Å². The highest BCUT2D eigenvalue weighted by Crippen LogP contribution is 2.47. The molecule has 4 unspecified atom stereocenters. The van der Waals surface area contributed by atoms with E-state index < -0.39 is 0 Å². The van der Waals surface area contributed by atoms with E-state index in [0.29, 0.717) is 16.7 Å². The summed E-state index contributed by atoms with van der Waals surface area (Å²) >= 11 is 3.75. The summed E-state index contributed by atoms with van der Waals surface area (Å²) in [4.78, 5) is 12.8. The Bertz CT molecular complexity index is 461. The molecule has 1 aromatic carbocycles. The first-order valence-corrected chi connectivity index (χ1v) is 8.64. The Balaban J connectivity index is 1.47. The summed E-state index contributed by atoms with van der Waals surface area (Å²) in [5.74, 6) is 1.52. The van der Waals surface area contributed by atoms with E-state index in [-0.39, 0.29) is 11.8 Å². The van der Waals surface area contributed by atoms with Gasteiger partial charge in [0.1, 0.15) is 0 Å². The molecular formula is C17H22BrNO. The molecule has 2 aliphatic carbocycles. The van der Waals surface area contributed by atoms with Crippen molar-refractivity contribution in [1.29, 1.82) is 0 Å². The van der Waals surface area contributed by atoms with Gasteiger partial charge in [-0.25, -0.2) is 0 Å². The van der Waals surface area contributed by atoms with Crippen LogP contribution in [0, 0.1) is 11.8 Å². The van der Waals surface area contributed by atoms with Crippen molar-refractivity contribution in [1.82, 2.24) is 5.32 Å². The van der Waals surface area contributed by atoms with Gasteiger partial charge in [-0.05, 0) is 36.7 Å². The van der Waals surface area contributed by atoms with Crippen LogP contribution in [0.15, 0.2) is 30.3 Å². The fourth-order valence-electron chi connectivity index (χ4n) is 3.31. The SMILES string of the molecule is O=C(NCC1CCCCC1Br)C1CC1c1ccccc1. The van der Waals surface area contributed by atoms with E-state index in [1.807, 2.05) is 6.07 Å². The molecule has 1 aromatic rings. The highest BCUT2D eigenvalue weighted by Gasteiger charge is 2.43. The molecule has 4 atom stereocenters. The highest BCUT2D eigenvalue weighted by atomic mass is 79.9. The van der Waals surface area contributed by atoms with Crippen LogP contribution in [-0.4, -0.2) is 17.3 Å². The summed E-state index contributed by atoms with van der Waals surface area (Å²) < 4.78 is 0. The lowest BCUT2D eigenvalue weighted by Crippen LogP contribution is -2.35. The van der Waals surface area contributed by atoms with Gasteiger partial charge in [-0.3, -0.25) is 4.79 Å². The van der Waals surface area contributed by atoms with Crippen molar-refractivity contribution in [3.8, 4) is 0 Å². The third kappa shape index (κ3) is 3.25. The lowest BCUT2D eigenvalue weighted by atomic mass is 9.89. The second-order valence-electron chi connectivity index (χ2n) is 6.17. The van der Waals surface area contributed by atoms with E-state index in [0.717, 1.165) is 13.0 Å². The summed E-state index contributed by atoms with van der Waals surface area (Å²) in [6, 6.07) is 10.4. The second-order valence-corrected chi connectivity index (χ2v) is 7.34. The van der Waals surface area contributed by atoms with Crippen LogP contribution in [0.4, 0.5) is 0 Å². The molecule has 0 aromatic heterocycles. The Morgan fingerprint density at radius 2 is 1.95 bits per heavy atom. The number of carbonyl (C=O) groups is 1. The van der Waals surface area contributed by atoms with Crippen LogP contribution in [0.25, 0.3) is 0 Å². The number of nitrogens with one attached hydrogen (secondary N) is 1. The van der Waals surface area contributed by atoms with Gasteiger partial charge in [0.25, 0.3) is 0 Å². The molecular weight excluding hydrogens is 314 g/mol. The Morgan fingerprint density at radius 3 is 2.70 bits per heavy atom. The van der Waals surface area contributed by atoms with Gasteiger partial charge >= 0.3 is 0 Å². The zero-order valence-corrected chi connectivity index (χ0v) is 13.3. The Hall–Kier alpha value is -0.830. The lowest BCUT2D eigenvalue weighted by Gasteiger charge is -2.27. The summed E-state index contributed by atoms with van der Waals surface area (Å²) in [6.45, 7) is 0.840. The van der Waals surface area contributed by atoms with Gasteiger partial charge < -0.3 is 5.32 Å². The smallest absolute Gasteiger partial charge is 0.223 e.